The molecule has 2 saturated heterocycles. The summed E-state index contributed by atoms with van der Waals surface area (Å²) in [5.74, 6) is 0.962. The summed E-state index contributed by atoms with van der Waals surface area (Å²) in [6.45, 7) is 2.83. The Labute approximate surface area is 137 Å². The number of pyridine rings is 1. The molecular weight excluding hydrogens is 292 g/mol. The third kappa shape index (κ3) is 3.56. The van der Waals surface area contributed by atoms with Crippen molar-refractivity contribution in [3.8, 4) is 0 Å². The monoisotopic (exact) mass is 316 g/mol. The zero-order valence-electron chi connectivity index (χ0n) is 13.4. The summed E-state index contributed by atoms with van der Waals surface area (Å²) < 4.78 is 12.1. The largest absolute Gasteiger partial charge is 0.373 e. The number of rotatable bonds is 5. The van der Waals surface area contributed by atoms with Crippen molar-refractivity contribution in [2.75, 3.05) is 19.7 Å². The van der Waals surface area contributed by atoms with Gasteiger partial charge >= 0.3 is 0 Å². The van der Waals surface area contributed by atoms with E-state index in [1.165, 1.54) is 12.8 Å². The lowest BCUT2D eigenvalue weighted by Crippen LogP contribution is -2.67. The summed E-state index contributed by atoms with van der Waals surface area (Å²) in [4.78, 5) is 18.1. The molecule has 0 radical (unpaired) electrons. The van der Waals surface area contributed by atoms with Gasteiger partial charge in [-0.05, 0) is 42.9 Å². The first-order valence-electron chi connectivity index (χ1n) is 8.65. The average molecular weight is 316 g/mol. The molecule has 2 aliphatic heterocycles. The normalized spacial score (nSPS) is 26.1. The van der Waals surface area contributed by atoms with Crippen molar-refractivity contribution >= 4 is 5.91 Å². The summed E-state index contributed by atoms with van der Waals surface area (Å²) in [5, 5.41) is 0. The van der Waals surface area contributed by atoms with Crippen LogP contribution in [0.3, 0.4) is 0 Å². The molecule has 0 N–H and O–H groups in total. The van der Waals surface area contributed by atoms with E-state index in [0.717, 1.165) is 44.5 Å². The molecule has 1 amide bonds. The second-order valence-corrected chi connectivity index (χ2v) is 7.21. The highest BCUT2D eigenvalue weighted by Gasteiger charge is 2.49. The maximum absolute atomic E-state index is 12.1. The number of aromatic nitrogens is 1. The van der Waals surface area contributed by atoms with Crippen LogP contribution < -0.4 is 0 Å². The molecule has 4 rings (SSSR count). The molecule has 1 saturated carbocycles. The Hall–Kier alpha value is -1.46. The molecule has 5 heteroatoms. The van der Waals surface area contributed by atoms with E-state index in [9.17, 15) is 4.79 Å². The Bertz CT molecular complexity index is 553. The molecule has 1 aliphatic carbocycles. The van der Waals surface area contributed by atoms with Gasteiger partial charge in [-0.25, -0.2) is 0 Å². The number of carbonyl (C=O) groups is 1. The standard InChI is InChI=1S/C18H24N2O3/c21-17(9-14-1-2-14)20-12-18(13-20)10-16(5-8-23-18)22-11-15-3-6-19-7-4-15/h3-4,6-7,14,16H,1-2,5,8-13H2/t16-/m0/s1. The molecule has 23 heavy (non-hydrogen) atoms. The number of likely N-dealkylation sites (tertiary alicyclic amines) is 1. The van der Waals surface area contributed by atoms with Crippen molar-refractivity contribution in [1.29, 1.82) is 0 Å². The van der Waals surface area contributed by atoms with Gasteiger partial charge in [0.2, 0.25) is 5.91 Å². The first-order chi connectivity index (χ1) is 11.2. The molecule has 0 unspecified atom stereocenters. The van der Waals surface area contributed by atoms with Gasteiger partial charge in [0.25, 0.3) is 0 Å². The number of ether oxygens (including phenoxy) is 2. The van der Waals surface area contributed by atoms with Crippen LogP contribution in [0.2, 0.25) is 0 Å². The van der Waals surface area contributed by atoms with E-state index >= 15 is 0 Å². The van der Waals surface area contributed by atoms with Gasteiger partial charge in [0.15, 0.2) is 0 Å². The summed E-state index contributed by atoms with van der Waals surface area (Å²) >= 11 is 0. The maximum Gasteiger partial charge on any atom is 0.223 e. The first kappa shape index (κ1) is 15.1. The Balaban J connectivity index is 1.25. The van der Waals surface area contributed by atoms with Gasteiger partial charge in [-0.15, -0.1) is 0 Å². The SMILES string of the molecule is O=C(CC1CC1)N1CC2(C[C@@H](OCc3ccncc3)CCO2)C1. The average Bonchev–Trinajstić information content (AvgIpc) is 3.36. The molecule has 1 spiro atoms. The van der Waals surface area contributed by atoms with E-state index in [1.807, 2.05) is 17.0 Å². The topological polar surface area (TPSA) is 51.7 Å². The second kappa shape index (κ2) is 6.21. The highest BCUT2D eigenvalue weighted by Crippen LogP contribution is 2.38. The lowest BCUT2D eigenvalue weighted by molar-refractivity contribution is -0.202. The van der Waals surface area contributed by atoms with Crippen LogP contribution in [0.5, 0.6) is 0 Å². The van der Waals surface area contributed by atoms with Gasteiger partial charge in [-0.3, -0.25) is 9.78 Å². The van der Waals surface area contributed by atoms with Crippen molar-refractivity contribution < 1.29 is 14.3 Å². The molecule has 1 aromatic heterocycles. The fourth-order valence-electron chi connectivity index (χ4n) is 3.56. The highest BCUT2D eigenvalue weighted by atomic mass is 16.5. The van der Waals surface area contributed by atoms with E-state index in [2.05, 4.69) is 4.98 Å². The Morgan fingerprint density at radius 3 is 2.83 bits per heavy atom. The number of hydrogen-bond acceptors (Lipinski definition) is 4. The second-order valence-electron chi connectivity index (χ2n) is 7.21. The van der Waals surface area contributed by atoms with Crippen LogP contribution in [-0.4, -0.2) is 47.2 Å². The Morgan fingerprint density at radius 1 is 1.30 bits per heavy atom. The van der Waals surface area contributed by atoms with Crippen LogP contribution in [-0.2, 0) is 20.9 Å². The Morgan fingerprint density at radius 2 is 2.09 bits per heavy atom. The van der Waals surface area contributed by atoms with Gasteiger partial charge in [-0.1, -0.05) is 0 Å². The van der Waals surface area contributed by atoms with Gasteiger partial charge in [0.05, 0.1) is 25.8 Å². The van der Waals surface area contributed by atoms with Crippen LogP contribution in [0.25, 0.3) is 0 Å². The predicted molar refractivity (Wildman–Crippen MR) is 84.7 cm³/mol. The molecule has 0 bridgehead atoms. The lowest BCUT2D eigenvalue weighted by Gasteiger charge is -2.53. The van der Waals surface area contributed by atoms with Gasteiger partial charge in [0, 0.05) is 31.8 Å². The zero-order chi connectivity index (χ0) is 15.7. The Kier molecular flexibility index (Phi) is 4.07. The van der Waals surface area contributed by atoms with Gasteiger partial charge in [0.1, 0.15) is 5.60 Å². The van der Waals surface area contributed by atoms with E-state index in [1.54, 1.807) is 12.4 Å². The van der Waals surface area contributed by atoms with Gasteiger partial charge < -0.3 is 14.4 Å². The highest BCUT2D eigenvalue weighted by molar-refractivity contribution is 5.78. The summed E-state index contributed by atoms with van der Waals surface area (Å²) in [6.07, 6.45) is 8.82. The fourth-order valence-corrected chi connectivity index (χ4v) is 3.56. The smallest absolute Gasteiger partial charge is 0.223 e. The summed E-state index contributed by atoms with van der Waals surface area (Å²) in [6, 6.07) is 3.97. The van der Waals surface area contributed by atoms with Crippen molar-refractivity contribution in [3.05, 3.63) is 30.1 Å². The molecule has 3 heterocycles. The molecule has 124 valence electrons. The van der Waals surface area contributed by atoms with Gasteiger partial charge in [-0.2, -0.15) is 0 Å². The number of amides is 1. The van der Waals surface area contributed by atoms with E-state index in [0.29, 0.717) is 18.4 Å². The molecule has 1 aromatic rings. The minimum absolute atomic E-state index is 0.152. The fraction of sp³-hybridized carbons (Fsp3) is 0.667. The third-order valence-corrected chi connectivity index (χ3v) is 5.15. The lowest BCUT2D eigenvalue weighted by atomic mass is 9.84. The number of nitrogens with zero attached hydrogens (tertiary/aromatic N) is 2. The molecule has 5 nitrogen and oxygen atoms in total. The van der Waals surface area contributed by atoms with E-state index in [-0.39, 0.29) is 11.7 Å². The quantitative estimate of drug-likeness (QED) is 0.835. The molecule has 3 aliphatic rings. The van der Waals surface area contributed by atoms with Crippen LogP contribution in [0.4, 0.5) is 0 Å². The minimum atomic E-state index is -0.152. The van der Waals surface area contributed by atoms with Crippen molar-refractivity contribution in [2.45, 2.75) is 50.4 Å². The summed E-state index contributed by atoms with van der Waals surface area (Å²) in [5.41, 5.74) is 0.996. The van der Waals surface area contributed by atoms with Crippen molar-refractivity contribution in [3.63, 3.8) is 0 Å². The van der Waals surface area contributed by atoms with Crippen LogP contribution >= 0.6 is 0 Å². The maximum atomic E-state index is 12.1. The minimum Gasteiger partial charge on any atom is -0.373 e. The third-order valence-electron chi connectivity index (χ3n) is 5.15. The number of hydrogen-bond donors (Lipinski definition) is 0. The number of carbonyl (C=O) groups excluding carboxylic acids is 1. The van der Waals surface area contributed by atoms with Crippen LogP contribution in [0, 0.1) is 5.92 Å². The van der Waals surface area contributed by atoms with Crippen LogP contribution in [0.15, 0.2) is 24.5 Å². The molecule has 3 fully saturated rings. The van der Waals surface area contributed by atoms with Crippen molar-refractivity contribution in [1.82, 2.24) is 9.88 Å². The molecular formula is C18H24N2O3. The summed E-state index contributed by atoms with van der Waals surface area (Å²) in [7, 11) is 0. The van der Waals surface area contributed by atoms with Crippen molar-refractivity contribution in [2.24, 2.45) is 5.92 Å². The van der Waals surface area contributed by atoms with E-state index in [4.69, 9.17) is 9.47 Å². The zero-order valence-corrected chi connectivity index (χ0v) is 13.4. The first-order valence-corrected chi connectivity index (χ1v) is 8.65. The molecule has 0 aromatic carbocycles. The predicted octanol–water partition coefficient (Wildman–Crippen LogP) is 2.16. The molecule has 1 atom stereocenters. The van der Waals surface area contributed by atoms with Crippen LogP contribution in [0.1, 0.15) is 37.7 Å². The van der Waals surface area contributed by atoms with E-state index < -0.39 is 0 Å².